The fraction of sp³-hybridized carbons (Fsp3) is 0.865. The summed E-state index contributed by atoms with van der Waals surface area (Å²) in [6, 6.07) is 0. The lowest BCUT2D eigenvalue weighted by atomic mass is 9.67. The summed E-state index contributed by atoms with van der Waals surface area (Å²) in [5.41, 5.74) is 3.58. The van der Waals surface area contributed by atoms with Gasteiger partial charge in [-0.3, -0.25) is 19.2 Å². The predicted molar refractivity (Wildman–Crippen MR) is 184 cm³/mol. The molecule has 2 amide bonds. The van der Waals surface area contributed by atoms with Crippen molar-refractivity contribution in [1.82, 2.24) is 10.2 Å². The maximum absolute atomic E-state index is 14.1. The number of cyclic esters (lactones) is 1. The number of nitrogens with zero attached hydrogens (tertiary/aromatic N) is 1. The van der Waals surface area contributed by atoms with Crippen molar-refractivity contribution < 1.29 is 43.3 Å². The van der Waals surface area contributed by atoms with Gasteiger partial charge < -0.3 is 35.3 Å². The Morgan fingerprint density at radius 1 is 1.06 bits per heavy atom. The predicted octanol–water partition coefficient (Wildman–Crippen LogP) is 3.61. The molecule has 3 rings (SSSR count). The lowest BCUT2D eigenvalue weighted by molar-refractivity contribution is -0.171. The minimum absolute atomic E-state index is 0.0227. The summed E-state index contributed by atoms with van der Waals surface area (Å²) in [7, 11) is 3.72. The van der Waals surface area contributed by atoms with Crippen molar-refractivity contribution in [2.24, 2.45) is 52.1 Å². The first-order valence-corrected chi connectivity index (χ1v) is 18.4. The molecule has 0 aromatic heterocycles. The van der Waals surface area contributed by atoms with E-state index < -0.39 is 58.7 Å². The number of nitrogens with two attached hydrogens (primary N) is 1. The van der Waals surface area contributed by atoms with Crippen LogP contribution in [0.3, 0.4) is 0 Å². The van der Waals surface area contributed by atoms with Crippen LogP contribution >= 0.6 is 0 Å². The maximum Gasteiger partial charge on any atom is 0.347 e. The molecule has 3 aliphatic rings. The van der Waals surface area contributed by atoms with E-state index in [1.54, 1.807) is 20.8 Å². The molecule has 12 heteroatoms. The summed E-state index contributed by atoms with van der Waals surface area (Å²) in [4.78, 5) is 68.6. The zero-order valence-corrected chi connectivity index (χ0v) is 31.0. The molecule has 4 N–H and O–H groups in total. The molecule has 3 fully saturated rings. The van der Waals surface area contributed by atoms with Gasteiger partial charge in [-0.05, 0) is 89.6 Å². The second-order valence-electron chi connectivity index (χ2n) is 16.2. The highest BCUT2D eigenvalue weighted by molar-refractivity contribution is 5.86. The molecule has 0 aromatic rings. The average Bonchev–Trinajstić information content (AvgIpc) is 3.70. The number of likely N-dealkylation sites (N-methyl/N-ethyl adjacent to an activating group) is 1. The number of aliphatic hydroxyl groups excluding tert-OH is 1. The molecule has 1 heterocycles. The van der Waals surface area contributed by atoms with Gasteiger partial charge in [0, 0.05) is 30.8 Å². The van der Waals surface area contributed by atoms with Crippen LogP contribution in [0.4, 0.5) is 0 Å². The third-order valence-corrected chi connectivity index (χ3v) is 11.4. The van der Waals surface area contributed by atoms with Gasteiger partial charge >= 0.3 is 17.9 Å². The maximum atomic E-state index is 14.1. The normalized spacial score (nSPS) is 27.3. The number of hydrogen-bond donors (Lipinski definition) is 3. The smallest absolute Gasteiger partial charge is 0.347 e. The lowest BCUT2D eigenvalue weighted by Gasteiger charge is -2.38. The van der Waals surface area contributed by atoms with Crippen molar-refractivity contribution in [2.45, 2.75) is 117 Å². The largest absolute Gasteiger partial charge is 0.464 e. The van der Waals surface area contributed by atoms with Gasteiger partial charge in [0.2, 0.25) is 17.9 Å². The summed E-state index contributed by atoms with van der Waals surface area (Å²) < 4.78 is 16.5. The summed E-state index contributed by atoms with van der Waals surface area (Å²) in [5, 5.41) is 13.7. The van der Waals surface area contributed by atoms with E-state index in [1.165, 1.54) is 0 Å². The number of ether oxygens (including phenoxy) is 3. The molecule has 1 saturated heterocycles. The van der Waals surface area contributed by atoms with Gasteiger partial charge in [0.05, 0.1) is 24.0 Å². The second-order valence-corrected chi connectivity index (χ2v) is 16.2. The van der Waals surface area contributed by atoms with Gasteiger partial charge in [0.15, 0.2) is 0 Å². The molecule has 0 radical (unpaired) electrons. The van der Waals surface area contributed by atoms with Crippen LogP contribution in [0.2, 0.25) is 0 Å². The Balaban J connectivity index is 1.90. The van der Waals surface area contributed by atoms with E-state index in [1.807, 2.05) is 19.0 Å². The monoisotopic (exact) mass is 693 g/mol. The number of primary amides is 1. The van der Waals surface area contributed by atoms with Gasteiger partial charge in [-0.2, -0.15) is 0 Å². The SMILES string of the molecule is CCCCCCNC(=O)C(C)(C)CC(CC(C)(CC(CC1C(C)C2CC(O)C1C2)C(N)=O)C(=O)OC1CCOC1=O)C(=O)OCCN(C)C. The van der Waals surface area contributed by atoms with Gasteiger partial charge in [0.25, 0.3) is 0 Å². The fourth-order valence-corrected chi connectivity index (χ4v) is 8.32. The Labute approximate surface area is 292 Å². The highest BCUT2D eigenvalue weighted by Gasteiger charge is 2.52. The number of hydrogen-bond acceptors (Lipinski definition) is 10. The van der Waals surface area contributed by atoms with Crippen LogP contribution in [0.5, 0.6) is 0 Å². The minimum atomic E-state index is -1.44. The van der Waals surface area contributed by atoms with Crippen LogP contribution in [0.15, 0.2) is 0 Å². The summed E-state index contributed by atoms with van der Waals surface area (Å²) >= 11 is 0. The van der Waals surface area contributed by atoms with Crippen molar-refractivity contribution in [3.63, 3.8) is 0 Å². The Morgan fingerprint density at radius 3 is 2.35 bits per heavy atom. The number of nitrogens with one attached hydrogen (secondary N) is 1. The van der Waals surface area contributed by atoms with E-state index in [9.17, 15) is 29.1 Å². The first kappa shape index (κ1) is 40.7. The van der Waals surface area contributed by atoms with Crippen molar-refractivity contribution in [3.05, 3.63) is 0 Å². The van der Waals surface area contributed by atoms with Gasteiger partial charge in [-0.1, -0.05) is 47.0 Å². The molecule has 1 aliphatic heterocycles. The molecule has 2 aliphatic carbocycles. The van der Waals surface area contributed by atoms with E-state index in [0.717, 1.165) is 38.5 Å². The Kier molecular flexibility index (Phi) is 14.9. The fourth-order valence-electron chi connectivity index (χ4n) is 8.32. The minimum Gasteiger partial charge on any atom is -0.464 e. The molecular formula is C37H63N3O9. The summed E-state index contributed by atoms with van der Waals surface area (Å²) in [6.07, 6.45) is 4.76. The number of rotatable bonds is 21. The van der Waals surface area contributed by atoms with E-state index in [4.69, 9.17) is 19.9 Å². The molecule has 9 unspecified atom stereocenters. The molecule has 12 nitrogen and oxygen atoms in total. The molecular weight excluding hydrogens is 630 g/mol. The highest BCUT2D eigenvalue weighted by atomic mass is 16.6. The number of esters is 3. The van der Waals surface area contributed by atoms with E-state index in [0.29, 0.717) is 31.3 Å². The molecule has 49 heavy (non-hydrogen) atoms. The Hall–Kier alpha value is -2.73. The van der Waals surface area contributed by atoms with Gasteiger partial charge in [0.1, 0.15) is 6.61 Å². The number of fused-ring (bicyclic) bond motifs is 2. The van der Waals surface area contributed by atoms with Crippen LogP contribution < -0.4 is 11.1 Å². The van der Waals surface area contributed by atoms with Crippen LogP contribution in [0.1, 0.15) is 105 Å². The zero-order valence-electron chi connectivity index (χ0n) is 31.0. The van der Waals surface area contributed by atoms with Crippen LogP contribution in [-0.4, -0.2) is 92.3 Å². The van der Waals surface area contributed by atoms with Gasteiger partial charge in [-0.15, -0.1) is 0 Å². The van der Waals surface area contributed by atoms with Crippen LogP contribution in [0.25, 0.3) is 0 Å². The Morgan fingerprint density at radius 2 is 1.76 bits per heavy atom. The first-order chi connectivity index (χ1) is 23.0. The van der Waals surface area contributed by atoms with E-state index in [-0.39, 0.29) is 56.6 Å². The number of amides is 2. The van der Waals surface area contributed by atoms with Crippen LogP contribution in [-0.2, 0) is 38.2 Å². The molecule has 9 atom stereocenters. The van der Waals surface area contributed by atoms with E-state index >= 15 is 0 Å². The topological polar surface area (TPSA) is 175 Å². The number of carbonyl (C=O) groups excluding carboxylic acids is 5. The summed E-state index contributed by atoms with van der Waals surface area (Å²) in [6.45, 7) is 10.7. The van der Waals surface area contributed by atoms with Crippen LogP contribution in [0, 0.1) is 46.3 Å². The molecule has 280 valence electrons. The second kappa shape index (κ2) is 18.0. The molecule has 2 bridgehead atoms. The quantitative estimate of drug-likeness (QED) is 0.0916. The third kappa shape index (κ3) is 11.1. The lowest BCUT2D eigenvalue weighted by Crippen LogP contribution is -2.44. The van der Waals surface area contributed by atoms with Crippen molar-refractivity contribution in [2.75, 3.05) is 40.4 Å². The highest BCUT2D eigenvalue weighted by Crippen LogP contribution is 2.55. The molecule has 2 saturated carbocycles. The molecule has 0 spiro atoms. The standard InChI is InChI=1S/C37H63N3O9/c1-8-9-10-11-13-39-34(45)36(3,4)20-26(32(43)48-16-14-40(6)7)22-37(5,35(46)49-30-12-15-47-33(30)44)21-25(31(38)42)18-27-23(2)24-17-28(27)29(41)19-24/h23-30,41H,8-22H2,1-7H3,(H2,38,42)(H,39,45). The number of aliphatic hydroxyl groups is 1. The zero-order chi connectivity index (χ0) is 36.5. The average molecular weight is 694 g/mol. The third-order valence-electron chi connectivity index (χ3n) is 11.4. The molecule has 0 aromatic carbocycles. The van der Waals surface area contributed by atoms with Crippen molar-refractivity contribution in [1.29, 1.82) is 0 Å². The number of unbranched alkanes of at least 4 members (excludes halogenated alkanes) is 3. The van der Waals surface area contributed by atoms with Gasteiger partial charge in [-0.25, -0.2) is 4.79 Å². The van der Waals surface area contributed by atoms with E-state index in [2.05, 4.69) is 19.2 Å². The first-order valence-electron chi connectivity index (χ1n) is 18.4. The number of carbonyl (C=O) groups is 5. The van der Waals surface area contributed by atoms with Crippen molar-refractivity contribution >= 4 is 29.7 Å². The summed E-state index contributed by atoms with van der Waals surface area (Å²) in [5.74, 6) is -3.56. The van der Waals surface area contributed by atoms with Crippen molar-refractivity contribution in [3.8, 4) is 0 Å². The Bertz CT molecular complexity index is 1160.